The fourth-order valence-corrected chi connectivity index (χ4v) is 2.01. The van der Waals surface area contributed by atoms with Gasteiger partial charge in [0.25, 0.3) is 0 Å². The molecule has 82 valence electrons. The molecule has 0 aliphatic carbocycles. The lowest BCUT2D eigenvalue weighted by molar-refractivity contribution is 0.471. The number of hydrogen-bond acceptors (Lipinski definition) is 2. The predicted molar refractivity (Wildman–Crippen MR) is 69.4 cm³/mol. The normalized spacial score (nSPS) is 10.8. The molecule has 17 heavy (non-hydrogen) atoms. The highest BCUT2D eigenvalue weighted by molar-refractivity contribution is 5.97. The molecule has 3 aromatic carbocycles. The van der Waals surface area contributed by atoms with E-state index in [2.05, 4.69) is 0 Å². The van der Waals surface area contributed by atoms with Crippen LogP contribution in [-0.2, 0) is 0 Å². The van der Waals surface area contributed by atoms with Crippen LogP contribution in [0.1, 0.15) is 0 Å². The number of benzene rings is 2. The Hall–Kier alpha value is -2.35. The Labute approximate surface area is 97.8 Å². The molecular formula is C15H10O2. The second kappa shape index (κ2) is 3.59. The fraction of sp³-hybridized carbons (Fsp3) is 0. The Morgan fingerprint density at radius 2 is 1.29 bits per heavy atom. The Kier molecular flexibility index (Phi) is 2.08. The minimum Gasteiger partial charge on any atom is -0.504 e. The van der Waals surface area contributed by atoms with Crippen molar-refractivity contribution in [1.82, 2.24) is 0 Å². The summed E-state index contributed by atoms with van der Waals surface area (Å²) in [5.41, 5.74) is -0.352. The van der Waals surface area contributed by atoms with Gasteiger partial charge in [0.1, 0.15) is 0 Å². The van der Waals surface area contributed by atoms with E-state index in [4.69, 9.17) is 0 Å². The lowest BCUT2D eigenvalue weighted by atomic mass is 10.1. The molecule has 3 rings (SSSR count). The summed E-state index contributed by atoms with van der Waals surface area (Å²) in [7, 11) is 0. The molecule has 2 nitrogen and oxygen atoms in total. The molecule has 0 aliphatic heterocycles. The van der Waals surface area contributed by atoms with Gasteiger partial charge in [-0.15, -0.1) is 0 Å². The van der Waals surface area contributed by atoms with E-state index >= 15 is 0 Å². The summed E-state index contributed by atoms with van der Waals surface area (Å²) in [6.45, 7) is 0. The van der Waals surface area contributed by atoms with Crippen molar-refractivity contribution < 1.29 is 5.11 Å². The minimum absolute atomic E-state index is 0.217. The lowest BCUT2D eigenvalue weighted by Gasteiger charge is -1.98. The van der Waals surface area contributed by atoms with Gasteiger partial charge >= 0.3 is 0 Å². The van der Waals surface area contributed by atoms with Crippen LogP contribution >= 0.6 is 0 Å². The van der Waals surface area contributed by atoms with Crippen molar-refractivity contribution in [3.63, 3.8) is 0 Å². The van der Waals surface area contributed by atoms with Crippen molar-refractivity contribution in [2.75, 3.05) is 0 Å². The van der Waals surface area contributed by atoms with Crippen molar-refractivity contribution in [2.45, 2.75) is 0 Å². The van der Waals surface area contributed by atoms with E-state index in [0.29, 0.717) is 0 Å². The molecule has 0 amide bonds. The summed E-state index contributed by atoms with van der Waals surface area (Å²) in [5.74, 6) is -0.217. The van der Waals surface area contributed by atoms with Gasteiger partial charge in [0.05, 0.1) is 0 Å². The van der Waals surface area contributed by atoms with Gasteiger partial charge in [-0.05, 0) is 45.8 Å². The average molecular weight is 222 g/mol. The Morgan fingerprint density at radius 3 is 2.00 bits per heavy atom. The van der Waals surface area contributed by atoms with Crippen LogP contribution in [-0.4, -0.2) is 5.11 Å². The standard InChI is InChI=1S/C15H10O2/c16-14-6-5-12-7-10-3-1-2-4-11(10)8-13(12)9-15(14)17/h1-9H,(H,16,17). The Bertz CT molecular complexity index is 776. The van der Waals surface area contributed by atoms with E-state index in [9.17, 15) is 9.90 Å². The molecule has 2 heteroatoms. The Balaban J connectivity index is 2.53. The second-order valence-corrected chi connectivity index (χ2v) is 4.06. The maximum Gasteiger partial charge on any atom is 0.220 e. The third-order valence-electron chi connectivity index (χ3n) is 2.91. The van der Waals surface area contributed by atoms with E-state index in [-0.39, 0.29) is 11.2 Å². The molecule has 0 bridgehead atoms. The summed E-state index contributed by atoms with van der Waals surface area (Å²) >= 11 is 0. The molecule has 0 saturated carbocycles. The van der Waals surface area contributed by atoms with Gasteiger partial charge in [0.15, 0.2) is 5.75 Å². The summed E-state index contributed by atoms with van der Waals surface area (Å²) in [6, 6.07) is 16.6. The molecule has 0 aliphatic rings. The zero-order valence-corrected chi connectivity index (χ0v) is 9.05. The largest absolute Gasteiger partial charge is 0.504 e. The van der Waals surface area contributed by atoms with Gasteiger partial charge in [0, 0.05) is 0 Å². The predicted octanol–water partition coefficient (Wildman–Crippen LogP) is 3.06. The zero-order valence-electron chi connectivity index (χ0n) is 9.05. The molecule has 0 saturated heterocycles. The molecule has 0 heterocycles. The van der Waals surface area contributed by atoms with Crippen molar-refractivity contribution in [1.29, 1.82) is 0 Å². The maximum absolute atomic E-state index is 11.5. The van der Waals surface area contributed by atoms with Crippen molar-refractivity contribution in [3.8, 4) is 5.75 Å². The van der Waals surface area contributed by atoms with E-state index in [1.165, 1.54) is 12.1 Å². The van der Waals surface area contributed by atoms with Crippen LogP contribution in [0.4, 0.5) is 0 Å². The first-order valence-corrected chi connectivity index (χ1v) is 5.40. The van der Waals surface area contributed by atoms with Gasteiger partial charge in [-0.25, -0.2) is 0 Å². The molecule has 0 fully saturated rings. The summed E-state index contributed by atoms with van der Waals surface area (Å²) in [5, 5.41) is 13.4. The van der Waals surface area contributed by atoms with Crippen molar-refractivity contribution in [3.05, 3.63) is 64.8 Å². The Morgan fingerprint density at radius 1 is 0.706 bits per heavy atom. The van der Waals surface area contributed by atoms with Crippen molar-refractivity contribution in [2.24, 2.45) is 0 Å². The number of fused-ring (bicyclic) bond motifs is 2. The van der Waals surface area contributed by atoms with Crippen molar-refractivity contribution >= 4 is 21.5 Å². The van der Waals surface area contributed by atoms with Gasteiger partial charge in [0.2, 0.25) is 5.43 Å². The molecule has 0 spiro atoms. The van der Waals surface area contributed by atoms with Gasteiger partial charge in [-0.2, -0.15) is 0 Å². The SMILES string of the molecule is O=c1cc2cc3ccccc3cc2ccc1O. The second-order valence-electron chi connectivity index (χ2n) is 4.06. The molecule has 1 N–H and O–H groups in total. The van der Waals surface area contributed by atoms with E-state index in [1.54, 1.807) is 6.07 Å². The third kappa shape index (κ3) is 1.64. The topological polar surface area (TPSA) is 37.3 Å². The van der Waals surface area contributed by atoms with Crippen LogP contribution in [0.5, 0.6) is 5.75 Å². The smallest absolute Gasteiger partial charge is 0.220 e. The highest BCUT2D eigenvalue weighted by atomic mass is 16.3. The average Bonchev–Trinajstić information content (AvgIpc) is 2.47. The fourth-order valence-electron chi connectivity index (χ4n) is 2.01. The minimum atomic E-state index is -0.352. The van der Waals surface area contributed by atoms with Gasteiger partial charge < -0.3 is 5.11 Å². The summed E-state index contributed by atoms with van der Waals surface area (Å²) < 4.78 is 0. The maximum atomic E-state index is 11.5. The highest BCUT2D eigenvalue weighted by Crippen LogP contribution is 2.21. The van der Waals surface area contributed by atoms with Crippen LogP contribution < -0.4 is 5.43 Å². The lowest BCUT2D eigenvalue weighted by Crippen LogP contribution is -1.92. The molecule has 0 aromatic heterocycles. The van der Waals surface area contributed by atoms with Crippen LogP contribution in [0.15, 0.2) is 59.4 Å². The molecule has 0 radical (unpaired) electrons. The highest BCUT2D eigenvalue weighted by Gasteiger charge is 1.99. The number of hydrogen-bond donors (Lipinski definition) is 1. The number of aromatic hydroxyl groups is 1. The zero-order chi connectivity index (χ0) is 11.8. The van der Waals surface area contributed by atoms with Crippen LogP contribution in [0.3, 0.4) is 0 Å². The molecule has 0 unspecified atom stereocenters. The summed E-state index contributed by atoms with van der Waals surface area (Å²) in [6.07, 6.45) is 0. The van der Waals surface area contributed by atoms with Crippen LogP contribution in [0, 0.1) is 0 Å². The third-order valence-corrected chi connectivity index (χ3v) is 2.91. The van der Waals surface area contributed by atoms with E-state index < -0.39 is 0 Å². The first-order chi connectivity index (χ1) is 8.24. The molecule has 3 aromatic rings. The molecule has 0 atom stereocenters. The van der Waals surface area contributed by atoms with E-state index in [1.807, 2.05) is 36.4 Å². The molecular weight excluding hydrogens is 212 g/mol. The first kappa shape index (κ1) is 9.85. The number of rotatable bonds is 0. The van der Waals surface area contributed by atoms with Gasteiger partial charge in [-0.1, -0.05) is 30.3 Å². The monoisotopic (exact) mass is 222 g/mol. The van der Waals surface area contributed by atoms with Gasteiger partial charge in [-0.3, -0.25) is 4.79 Å². The quantitative estimate of drug-likeness (QED) is 0.634. The van der Waals surface area contributed by atoms with Crippen LogP contribution in [0.2, 0.25) is 0 Å². The summed E-state index contributed by atoms with van der Waals surface area (Å²) in [4.78, 5) is 11.5. The van der Waals surface area contributed by atoms with E-state index in [0.717, 1.165) is 21.5 Å². The first-order valence-electron chi connectivity index (χ1n) is 5.40. The van der Waals surface area contributed by atoms with Crippen LogP contribution in [0.25, 0.3) is 21.5 Å².